The number of anilines is 2. The number of benzene rings is 1. The molecule has 3 aromatic rings. The molecule has 2 aromatic heterocycles. The van der Waals surface area contributed by atoms with Crippen molar-refractivity contribution in [2.24, 2.45) is 0 Å². The number of amides is 2. The Hall–Kier alpha value is -3.13. The summed E-state index contributed by atoms with van der Waals surface area (Å²) in [6, 6.07) is 13.6. The summed E-state index contributed by atoms with van der Waals surface area (Å²) >= 11 is 1.47. The Bertz CT molecular complexity index is 985. The predicted octanol–water partition coefficient (Wildman–Crippen LogP) is 4.19. The van der Waals surface area contributed by atoms with Crippen molar-refractivity contribution < 1.29 is 14.3 Å². The summed E-state index contributed by atoms with van der Waals surface area (Å²) in [7, 11) is 0. The fourth-order valence-corrected chi connectivity index (χ4v) is 4.27. The number of nitrogens with one attached hydrogen (secondary N) is 2. The average molecular weight is 410 g/mol. The van der Waals surface area contributed by atoms with Gasteiger partial charge in [-0.2, -0.15) is 0 Å². The van der Waals surface area contributed by atoms with Crippen LogP contribution in [0.2, 0.25) is 0 Å². The Balaban J connectivity index is 1.33. The van der Waals surface area contributed by atoms with E-state index in [2.05, 4.69) is 15.6 Å². The molecule has 0 radical (unpaired) electrons. The van der Waals surface area contributed by atoms with E-state index in [4.69, 9.17) is 4.74 Å². The summed E-state index contributed by atoms with van der Waals surface area (Å²) < 4.78 is 6.12. The number of carbonyl (C=O) groups is 2. The summed E-state index contributed by atoms with van der Waals surface area (Å²) in [6.45, 7) is 3.43. The molecule has 0 bridgehead atoms. The third-order valence-electron chi connectivity index (χ3n) is 4.74. The Morgan fingerprint density at radius 2 is 2.14 bits per heavy atom. The van der Waals surface area contributed by atoms with E-state index in [-0.39, 0.29) is 18.0 Å². The van der Waals surface area contributed by atoms with Crippen LogP contribution in [0, 0.1) is 0 Å². The Morgan fingerprint density at radius 3 is 2.90 bits per heavy atom. The number of rotatable bonds is 5. The highest BCUT2D eigenvalue weighted by Gasteiger charge is 2.27. The van der Waals surface area contributed by atoms with Crippen molar-refractivity contribution in [3.8, 4) is 0 Å². The maximum absolute atomic E-state index is 12.5. The molecule has 1 atom stereocenters. The van der Waals surface area contributed by atoms with Crippen molar-refractivity contribution >= 4 is 44.9 Å². The van der Waals surface area contributed by atoms with Gasteiger partial charge in [-0.1, -0.05) is 18.2 Å². The van der Waals surface area contributed by atoms with Crippen molar-refractivity contribution in [1.29, 1.82) is 0 Å². The van der Waals surface area contributed by atoms with E-state index in [9.17, 15) is 9.59 Å². The third-order valence-corrected chi connectivity index (χ3v) is 5.85. The number of likely N-dealkylation sites (tertiary alicyclic amines) is 1. The average Bonchev–Trinajstić information content (AvgIpc) is 3.37. The van der Waals surface area contributed by atoms with Crippen molar-refractivity contribution in [3.05, 3.63) is 53.5 Å². The van der Waals surface area contributed by atoms with Gasteiger partial charge in [-0.3, -0.25) is 4.79 Å². The van der Waals surface area contributed by atoms with E-state index in [0.717, 1.165) is 16.5 Å². The number of hydrogen-bond donors (Lipinski definition) is 2. The van der Waals surface area contributed by atoms with Gasteiger partial charge >= 0.3 is 6.09 Å². The lowest BCUT2D eigenvalue weighted by molar-refractivity contribution is 0.103. The number of hydrogen-bond acceptors (Lipinski definition) is 6. The number of carbonyl (C=O) groups excluding carboxylic acids is 2. The maximum Gasteiger partial charge on any atom is 0.409 e. The molecular weight excluding hydrogens is 388 g/mol. The first kappa shape index (κ1) is 19.2. The lowest BCUT2D eigenvalue weighted by Crippen LogP contribution is -2.32. The van der Waals surface area contributed by atoms with Crippen molar-refractivity contribution in [2.45, 2.75) is 19.4 Å². The van der Waals surface area contributed by atoms with Crippen LogP contribution in [0.15, 0.2) is 48.7 Å². The highest BCUT2D eigenvalue weighted by molar-refractivity contribution is 7.20. The molecule has 8 heteroatoms. The number of pyridine rings is 1. The molecule has 4 rings (SSSR count). The van der Waals surface area contributed by atoms with Crippen LogP contribution in [0.25, 0.3) is 10.1 Å². The van der Waals surface area contributed by atoms with Gasteiger partial charge in [-0.05, 0) is 43.0 Å². The molecule has 0 saturated carbocycles. The SMILES string of the molecule is CCOC(=O)N1CCC(Nc2ccc(NC(=O)c3cc4ccccc4s3)cn2)C1. The van der Waals surface area contributed by atoms with Crippen LogP contribution in [-0.2, 0) is 4.74 Å². The van der Waals surface area contributed by atoms with Crippen LogP contribution in [0.3, 0.4) is 0 Å². The van der Waals surface area contributed by atoms with Gasteiger partial charge in [0.25, 0.3) is 5.91 Å². The quantitative estimate of drug-likeness (QED) is 0.659. The molecule has 3 heterocycles. The van der Waals surface area contributed by atoms with Gasteiger partial charge in [0.1, 0.15) is 5.82 Å². The van der Waals surface area contributed by atoms with Gasteiger partial charge in [-0.15, -0.1) is 11.3 Å². The standard InChI is InChI=1S/C21H22N4O3S/c1-2-28-21(27)25-10-9-16(13-25)23-19-8-7-15(12-22-19)24-20(26)18-11-14-5-3-4-6-17(14)29-18/h3-8,11-12,16H,2,9-10,13H2,1H3,(H,22,23)(H,24,26). The van der Waals surface area contributed by atoms with E-state index < -0.39 is 0 Å². The predicted molar refractivity (Wildman–Crippen MR) is 115 cm³/mol. The van der Waals surface area contributed by atoms with Gasteiger partial charge in [0.2, 0.25) is 0 Å². The Kier molecular flexibility index (Phi) is 5.62. The van der Waals surface area contributed by atoms with Crippen LogP contribution in [0.5, 0.6) is 0 Å². The molecule has 1 aromatic carbocycles. The van der Waals surface area contributed by atoms with Crippen LogP contribution in [0.1, 0.15) is 23.0 Å². The van der Waals surface area contributed by atoms with E-state index in [1.54, 1.807) is 18.0 Å². The second-order valence-electron chi connectivity index (χ2n) is 6.81. The fourth-order valence-electron chi connectivity index (χ4n) is 3.31. The zero-order chi connectivity index (χ0) is 20.2. The van der Waals surface area contributed by atoms with Crippen molar-refractivity contribution in [2.75, 3.05) is 30.3 Å². The summed E-state index contributed by atoms with van der Waals surface area (Å²) in [5.74, 6) is 0.565. The molecule has 1 unspecified atom stereocenters. The normalized spacial score (nSPS) is 16.0. The highest BCUT2D eigenvalue weighted by atomic mass is 32.1. The smallest absolute Gasteiger partial charge is 0.409 e. The van der Waals surface area contributed by atoms with E-state index >= 15 is 0 Å². The van der Waals surface area contributed by atoms with Gasteiger partial charge in [0.15, 0.2) is 0 Å². The first-order valence-electron chi connectivity index (χ1n) is 9.56. The lowest BCUT2D eigenvalue weighted by Gasteiger charge is -2.16. The number of thiophene rings is 1. The van der Waals surface area contributed by atoms with Crippen LogP contribution in [-0.4, -0.2) is 47.6 Å². The van der Waals surface area contributed by atoms with Crippen molar-refractivity contribution in [1.82, 2.24) is 9.88 Å². The Labute approximate surface area is 172 Å². The molecule has 2 amide bonds. The molecule has 29 heavy (non-hydrogen) atoms. The van der Waals surface area contributed by atoms with Gasteiger partial charge < -0.3 is 20.3 Å². The summed E-state index contributed by atoms with van der Waals surface area (Å²) in [6.07, 6.45) is 2.19. The minimum Gasteiger partial charge on any atom is -0.450 e. The number of ether oxygens (including phenoxy) is 1. The summed E-state index contributed by atoms with van der Waals surface area (Å²) in [5.41, 5.74) is 0.637. The zero-order valence-corrected chi connectivity index (χ0v) is 16.9. The minimum absolute atomic E-state index is 0.130. The third kappa shape index (κ3) is 4.48. The topological polar surface area (TPSA) is 83.6 Å². The molecule has 1 saturated heterocycles. The molecule has 7 nitrogen and oxygen atoms in total. The molecule has 0 aliphatic carbocycles. The molecule has 1 aliphatic heterocycles. The fraction of sp³-hybridized carbons (Fsp3) is 0.286. The van der Waals surface area contributed by atoms with Crippen molar-refractivity contribution in [3.63, 3.8) is 0 Å². The molecular formula is C21H22N4O3S. The van der Waals surface area contributed by atoms with Crippen LogP contribution < -0.4 is 10.6 Å². The van der Waals surface area contributed by atoms with Crippen LogP contribution in [0.4, 0.5) is 16.3 Å². The highest BCUT2D eigenvalue weighted by Crippen LogP contribution is 2.26. The second-order valence-corrected chi connectivity index (χ2v) is 7.89. The van der Waals surface area contributed by atoms with Gasteiger partial charge in [-0.25, -0.2) is 9.78 Å². The van der Waals surface area contributed by atoms with E-state index in [1.807, 2.05) is 42.5 Å². The zero-order valence-electron chi connectivity index (χ0n) is 16.1. The molecule has 2 N–H and O–H groups in total. The molecule has 150 valence electrons. The van der Waals surface area contributed by atoms with E-state index in [1.165, 1.54) is 11.3 Å². The van der Waals surface area contributed by atoms with Gasteiger partial charge in [0, 0.05) is 23.8 Å². The number of aromatic nitrogens is 1. The number of fused-ring (bicyclic) bond motifs is 1. The molecule has 0 spiro atoms. The summed E-state index contributed by atoms with van der Waals surface area (Å²) in [5, 5.41) is 7.28. The van der Waals surface area contributed by atoms with Crippen LogP contribution >= 0.6 is 11.3 Å². The largest absolute Gasteiger partial charge is 0.450 e. The number of nitrogens with zero attached hydrogens (tertiary/aromatic N) is 2. The first-order valence-corrected chi connectivity index (χ1v) is 10.4. The second kappa shape index (κ2) is 8.48. The summed E-state index contributed by atoms with van der Waals surface area (Å²) in [4.78, 5) is 31.0. The first-order chi connectivity index (χ1) is 14.1. The van der Waals surface area contributed by atoms with E-state index in [0.29, 0.717) is 36.1 Å². The lowest BCUT2D eigenvalue weighted by atomic mass is 10.2. The monoisotopic (exact) mass is 410 g/mol. The molecule has 1 fully saturated rings. The van der Waals surface area contributed by atoms with Gasteiger partial charge in [0.05, 0.1) is 23.4 Å². The maximum atomic E-state index is 12.5. The Morgan fingerprint density at radius 1 is 1.28 bits per heavy atom. The minimum atomic E-state index is -0.274. The molecule has 1 aliphatic rings.